The molecule has 106 valence electrons. The molecule has 0 unspecified atom stereocenters. The zero-order valence-electron chi connectivity index (χ0n) is 10.3. The average Bonchev–Trinajstić information content (AvgIpc) is 2.44. The number of hydrogen-bond acceptors (Lipinski definition) is 2. The first-order valence-corrected chi connectivity index (χ1v) is 5.95. The number of carbonyl (C=O) groups excluding carboxylic acids is 1. The third-order valence-electron chi connectivity index (χ3n) is 2.60. The molecule has 1 amide bonds. The summed E-state index contributed by atoms with van der Waals surface area (Å²) in [5, 5.41) is 10.2. The van der Waals surface area contributed by atoms with Crippen LogP contribution >= 0.6 is 11.6 Å². The first kappa shape index (κ1) is 14.9. The minimum absolute atomic E-state index is 0.0641. The highest BCUT2D eigenvalue weighted by Crippen LogP contribution is 2.21. The Morgan fingerprint density at radius 2 is 1.81 bits per heavy atom. The lowest BCUT2D eigenvalue weighted by Gasteiger charge is -2.08. The molecule has 0 saturated carbocycles. The molecule has 1 N–H and O–H groups in total. The smallest absolute Gasteiger partial charge is 0.258 e. The maximum absolute atomic E-state index is 13.6. The van der Waals surface area contributed by atoms with Crippen molar-refractivity contribution in [1.29, 1.82) is 5.26 Å². The van der Waals surface area contributed by atoms with Gasteiger partial charge < -0.3 is 5.32 Å². The predicted octanol–water partition coefficient (Wildman–Crippen LogP) is 3.88. The van der Waals surface area contributed by atoms with E-state index in [0.29, 0.717) is 12.1 Å². The standard InChI is InChI=1S/C14H6ClF3N2O/c15-9-5-10(16)8(4-11(9)17)14(21)20-13-2-1-7(6-19)3-12(13)18/h1-5H,(H,20,21). The molecule has 0 bridgehead atoms. The second-order valence-electron chi connectivity index (χ2n) is 4.01. The van der Waals surface area contributed by atoms with Crippen molar-refractivity contribution in [3.05, 3.63) is 63.9 Å². The average molecular weight is 311 g/mol. The van der Waals surface area contributed by atoms with Crippen molar-refractivity contribution in [2.75, 3.05) is 5.32 Å². The van der Waals surface area contributed by atoms with Crippen LogP contribution in [0.25, 0.3) is 0 Å². The van der Waals surface area contributed by atoms with E-state index in [1.807, 2.05) is 0 Å². The van der Waals surface area contributed by atoms with Crippen LogP contribution < -0.4 is 5.32 Å². The Bertz CT molecular complexity index is 772. The highest BCUT2D eigenvalue weighted by Gasteiger charge is 2.17. The number of rotatable bonds is 2. The van der Waals surface area contributed by atoms with Gasteiger partial charge in [0.1, 0.15) is 17.5 Å². The number of carbonyl (C=O) groups is 1. The van der Waals surface area contributed by atoms with Crippen molar-refractivity contribution in [3.63, 3.8) is 0 Å². The summed E-state index contributed by atoms with van der Waals surface area (Å²) >= 11 is 5.37. The molecule has 3 nitrogen and oxygen atoms in total. The Morgan fingerprint density at radius 3 is 2.43 bits per heavy atom. The Hall–Kier alpha value is -2.52. The first-order chi connectivity index (χ1) is 9.92. The fraction of sp³-hybridized carbons (Fsp3) is 0. The number of benzene rings is 2. The monoisotopic (exact) mass is 310 g/mol. The van der Waals surface area contributed by atoms with Gasteiger partial charge in [-0.2, -0.15) is 5.26 Å². The lowest BCUT2D eigenvalue weighted by atomic mass is 10.1. The summed E-state index contributed by atoms with van der Waals surface area (Å²) in [5.41, 5.74) is -0.802. The predicted molar refractivity (Wildman–Crippen MR) is 70.4 cm³/mol. The molecular weight excluding hydrogens is 305 g/mol. The number of anilines is 1. The van der Waals surface area contributed by atoms with Gasteiger partial charge in [0, 0.05) is 0 Å². The van der Waals surface area contributed by atoms with E-state index in [1.54, 1.807) is 6.07 Å². The van der Waals surface area contributed by atoms with E-state index in [9.17, 15) is 18.0 Å². The number of halogens is 4. The van der Waals surface area contributed by atoms with Gasteiger partial charge >= 0.3 is 0 Å². The quantitative estimate of drug-likeness (QED) is 0.856. The second kappa shape index (κ2) is 5.85. The van der Waals surface area contributed by atoms with Gasteiger partial charge in [0.2, 0.25) is 0 Å². The fourth-order valence-electron chi connectivity index (χ4n) is 1.57. The molecule has 21 heavy (non-hydrogen) atoms. The van der Waals surface area contributed by atoms with Gasteiger partial charge in [-0.1, -0.05) is 11.6 Å². The zero-order chi connectivity index (χ0) is 15.6. The van der Waals surface area contributed by atoms with Crippen LogP contribution in [0.1, 0.15) is 15.9 Å². The maximum Gasteiger partial charge on any atom is 0.258 e. The summed E-state index contributed by atoms with van der Waals surface area (Å²) in [6, 6.07) is 6.33. The van der Waals surface area contributed by atoms with Crippen LogP contribution in [0.15, 0.2) is 30.3 Å². The summed E-state index contributed by atoms with van der Waals surface area (Å²) < 4.78 is 40.4. The normalized spacial score (nSPS) is 10.0. The number of nitrogens with one attached hydrogen (secondary N) is 1. The highest BCUT2D eigenvalue weighted by atomic mass is 35.5. The van der Waals surface area contributed by atoms with Crippen molar-refractivity contribution in [1.82, 2.24) is 0 Å². The fourth-order valence-corrected chi connectivity index (χ4v) is 1.72. The van der Waals surface area contributed by atoms with Crippen LogP contribution in [-0.2, 0) is 0 Å². The summed E-state index contributed by atoms with van der Waals surface area (Å²) in [7, 11) is 0. The Morgan fingerprint density at radius 1 is 1.10 bits per heavy atom. The van der Waals surface area contributed by atoms with Crippen molar-refractivity contribution in [3.8, 4) is 6.07 Å². The van der Waals surface area contributed by atoms with Gasteiger partial charge in [0.25, 0.3) is 5.91 Å². The molecule has 2 aromatic carbocycles. The molecule has 0 aliphatic heterocycles. The van der Waals surface area contributed by atoms with E-state index in [0.717, 1.165) is 12.1 Å². The number of nitriles is 1. The Labute approximate surface area is 122 Å². The highest BCUT2D eigenvalue weighted by molar-refractivity contribution is 6.30. The maximum atomic E-state index is 13.6. The topological polar surface area (TPSA) is 52.9 Å². The second-order valence-corrected chi connectivity index (χ2v) is 4.41. The minimum Gasteiger partial charge on any atom is -0.319 e. The minimum atomic E-state index is -1.04. The molecule has 0 fully saturated rings. The van der Waals surface area contributed by atoms with Gasteiger partial charge in [-0.25, -0.2) is 13.2 Å². The molecule has 0 spiro atoms. The molecule has 0 saturated heterocycles. The van der Waals surface area contributed by atoms with Gasteiger partial charge in [-0.05, 0) is 30.3 Å². The van der Waals surface area contributed by atoms with Crippen LogP contribution in [0.5, 0.6) is 0 Å². The van der Waals surface area contributed by atoms with E-state index in [-0.39, 0.29) is 11.3 Å². The van der Waals surface area contributed by atoms with Gasteiger partial charge in [0.15, 0.2) is 0 Å². The molecule has 0 aromatic heterocycles. The van der Waals surface area contributed by atoms with Crippen LogP contribution in [-0.4, -0.2) is 5.91 Å². The summed E-state index contributed by atoms with van der Waals surface area (Å²) in [5.74, 6) is -3.90. The van der Waals surface area contributed by atoms with Crippen LogP contribution in [0.2, 0.25) is 5.02 Å². The van der Waals surface area contributed by atoms with Gasteiger partial charge in [-0.3, -0.25) is 4.79 Å². The van der Waals surface area contributed by atoms with E-state index in [1.165, 1.54) is 6.07 Å². The lowest BCUT2D eigenvalue weighted by molar-refractivity contribution is 0.102. The van der Waals surface area contributed by atoms with E-state index in [4.69, 9.17) is 16.9 Å². The largest absolute Gasteiger partial charge is 0.319 e. The van der Waals surface area contributed by atoms with E-state index >= 15 is 0 Å². The van der Waals surface area contributed by atoms with Crippen molar-refractivity contribution in [2.45, 2.75) is 0 Å². The summed E-state index contributed by atoms with van der Waals surface area (Å²) in [6.45, 7) is 0. The van der Waals surface area contributed by atoms with Crippen LogP contribution in [0, 0.1) is 28.8 Å². The van der Waals surface area contributed by atoms with E-state index in [2.05, 4.69) is 5.32 Å². The molecular formula is C14H6ClF3N2O. The summed E-state index contributed by atoms with van der Waals surface area (Å²) in [4.78, 5) is 11.8. The third kappa shape index (κ3) is 3.15. The molecule has 0 atom stereocenters. The summed E-state index contributed by atoms with van der Waals surface area (Å²) in [6.07, 6.45) is 0. The Balaban J connectivity index is 2.31. The van der Waals surface area contributed by atoms with E-state index < -0.39 is 33.9 Å². The number of amides is 1. The van der Waals surface area contributed by atoms with Crippen molar-refractivity contribution in [2.24, 2.45) is 0 Å². The SMILES string of the molecule is N#Cc1ccc(NC(=O)c2cc(F)c(Cl)cc2F)c(F)c1. The molecule has 0 radical (unpaired) electrons. The molecule has 0 aliphatic carbocycles. The lowest BCUT2D eigenvalue weighted by Crippen LogP contribution is -2.15. The molecule has 2 rings (SSSR count). The Kier molecular flexibility index (Phi) is 4.15. The molecule has 2 aromatic rings. The third-order valence-corrected chi connectivity index (χ3v) is 2.89. The van der Waals surface area contributed by atoms with Crippen molar-refractivity contribution >= 4 is 23.2 Å². The molecule has 0 aliphatic rings. The first-order valence-electron chi connectivity index (χ1n) is 5.58. The van der Waals surface area contributed by atoms with Crippen LogP contribution in [0.4, 0.5) is 18.9 Å². The molecule has 7 heteroatoms. The number of nitrogens with zero attached hydrogens (tertiary/aromatic N) is 1. The number of hydrogen-bond donors (Lipinski definition) is 1. The van der Waals surface area contributed by atoms with Crippen molar-refractivity contribution < 1.29 is 18.0 Å². The molecule has 0 heterocycles. The van der Waals surface area contributed by atoms with Gasteiger partial charge in [-0.15, -0.1) is 0 Å². The van der Waals surface area contributed by atoms with Crippen LogP contribution in [0.3, 0.4) is 0 Å². The zero-order valence-corrected chi connectivity index (χ0v) is 11.0. The van der Waals surface area contributed by atoms with Gasteiger partial charge in [0.05, 0.1) is 27.9 Å².